The van der Waals surface area contributed by atoms with Crippen LogP contribution in [0.2, 0.25) is 0 Å². The van der Waals surface area contributed by atoms with Gasteiger partial charge in [0.25, 0.3) is 0 Å². The van der Waals surface area contributed by atoms with Crippen LogP contribution in [0.15, 0.2) is 4.52 Å². The van der Waals surface area contributed by atoms with Crippen LogP contribution in [0, 0.1) is 6.92 Å². The molecular formula is C14H22N4O2. The van der Waals surface area contributed by atoms with E-state index in [-0.39, 0.29) is 5.91 Å². The summed E-state index contributed by atoms with van der Waals surface area (Å²) < 4.78 is 5.04. The maximum Gasteiger partial charge on any atom is 0.223 e. The van der Waals surface area contributed by atoms with Crippen LogP contribution in [0.4, 0.5) is 0 Å². The second kappa shape index (κ2) is 5.52. The Kier molecular flexibility index (Phi) is 3.74. The summed E-state index contributed by atoms with van der Waals surface area (Å²) in [6, 6.07) is 0.809. The van der Waals surface area contributed by atoms with Crippen LogP contribution >= 0.6 is 0 Å². The average Bonchev–Trinajstić information content (AvgIpc) is 3.09. The van der Waals surface area contributed by atoms with Crippen molar-refractivity contribution in [2.75, 3.05) is 13.1 Å². The molecule has 0 N–H and O–H groups in total. The van der Waals surface area contributed by atoms with E-state index in [1.54, 1.807) is 6.92 Å². The Bertz CT molecular complexity index is 487. The summed E-state index contributed by atoms with van der Waals surface area (Å²) in [5.74, 6) is 1.57. The lowest BCUT2D eigenvalue weighted by atomic mass is 10.0. The van der Waals surface area contributed by atoms with Crippen molar-refractivity contribution in [1.82, 2.24) is 19.9 Å². The minimum absolute atomic E-state index is 0.203. The van der Waals surface area contributed by atoms with E-state index >= 15 is 0 Å². The van der Waals surface area contributed by atoms with Crippen molar-refractivity contribution in [3.63, 3.8) is 0 Å². The van der Waals surface area contributed by atoms with E-state index in [9.17, 15) is 4.79 Å². The topological polar surface area (TPSA) is 62.5 Å². The molecule has 2 saturated heterocycles. The maximum absolute atomic E-state index is 11.7. The molecule has 110 valence electrons. The molecule has 0 aromatic carbocycles. The van der Waals surface area contributed by atoms with Gasteiger partial charge in [0.15, 0.2) is 5.82 Å². The summed E-state index contributed by atoms with van der Waals surface area (Å²) in [4.78, 5) is 20.5. The highest BCUT2D eigenvalue weighted by Gasteiger charge is 2.38. The highest BCUT2D eigenvalue weighted by Crippen LogP contribution is 2.30. The number of carbonyl (C=O) groups is 1. The Morgan fingerprint density at radius 1 is 1.30 bits per heavy atom. The molecule has 1 aromatic heterocycles. The number of carbonyl (C=O) groups excluding carboxylic acids is 1. The van der Waals surface area contributed by atoms with Crippen molar-refractivity contribution in [1.29, 1.82) is 0 Å². The first-order valence-electron chi connectivity index (χ1n) is 7.45. The standard InChI is InChI=1S/C14H22N4O2/c1-10-15-14(16-20-10)9-17-7-3-5-12(17)13-6-4-8-18(13)11(2)19/h12-13H,3-9H2,1-2H3/t12-,13+/m1/s1. The van der Waals surface area contributed by atoms with Crippen molar-refractivity contribution in [2.45, 2.75) is 58.2 Å². The van der Waals surface area contributed by atoms with Crippen LogP contribution in [0.1, 0.15) is 44.3 Å². The lowest BCUT2D eigenvalue weighted by Gasteiger charge is -2.34. The third-order valence-electron chi connectivity index (χ3n) is 4.48. The largest absolute Gasteiger partial charge is 0.340 e. The van der Waals surface area contributed by atoms with Crippen LogP contribution in [0.5, 0.6) is 0 Å². The second-order valence-corrected chi connectivity index (χ2v) is 5.83. The molecule has 0 radical (unpaired) electrons. The molecule has 1 amide bonds. The summed E-state index contributed by atoms with van der Waals surface area (Å²) >= 11 is 0. The highest BCUT2D eigenvalue weighted by molar-refractivity contribution is 5.74. The van der Waals surface area contributed by atoms with Crippen LogP contribution in [0.3, 0.4) is 0 Å². The number of hydrogen-bond donors (Lipinski definition) is 0. The van der Waals surface area contributed by atoms with E-state index < -0.39 is 0 Å². The molecule has 20 heavy (non-hydrogen) atoms. The first kappa shape index (κ1) is 13.5. The van der Waals surface area contributed by atoms with Crippen molar-refractivity contribution in [3.05, 3.63) is 11.7 Å². The van der Waals surface area contributed by atoms with Gasteiger partial charge in [-0.05, 0) is 32.2 Å². The van der Waals surface area contributed by atoms with Crippen molar-refractivity contribution >= 4 is 5.91 Å². The van der Waals surface area contributed by atoms with Gasteiger partial charge in [-0.25, -0.2) is 0 Å². The van der Waals surface area contributed by atoms with E-state index in [0.29, 0.717) is 18.0 Å². The Hall–Kier alpha value is -1.43. The molecular weight excluding hydrogens is 256 g/mol. The van der Waals surface area contributed by atoms with Gasteiger partial charge in [-0.2, -0.15) is 4.98 Å². The number of aromatic nitrogens is 2. The van der Waals surface area contributed by atoms with Crippen molar-refractivity contribution < 1.29 is 9.32 Å². The maximum atomic E-state index is 11.7. The number of aryl methyl sites for hydroxylation is 1. The number of hydrogen-bond acceptors (Lipinski definition) is 5. The molecule has 1 aromatic rings. The predicted octanol–water partition coefficient (Wildman–Crippen LogP) is 1.35. The van der Waals surface area contributed by atoms with Gasteiger partial charge in [-0.1, -0.05) is 5.16 Å². The van der Waals surface area contributed by atoms with Crippen LogP contribution in [0.25, 0.3) is 0 Å². The smallest absolute Gasteiger partial charge is 0.223 e. The van der Waals surface area contributed by atoms with Gasteiger partial charge >= 0.3 is 0 Å². The Balaban J connectivity index is 1.70. The normalized spacial score (nSPS) is 27.4. The number of rotatable bonds is 3. The van der Waals surface area contributed by atoms with Gasteiger partial charge in [0.1, 0.15) is 0 Å². The summed E-state index contributed by atoms with van der Waals surface area (Å²) in [6.07, 6.45) is 4.58. The summed E-state index contributed by atoms with van der Waals surface area (Å²) in [6.45, 7) is 6.18. The lowest BCUT2D eigenvalue weighted by molar-refractivity contribution is -0.130. The van der Waals surface area contributed by atoms with Gasteiger partial charge in [0.2, 0.25) is 11.8 Å². The minimum atomic E-state index is 0.203. The first-order chi connectivity index (χ1) is 9.65. The molecule has 2 aliphatic heterocycles. The zero-order chi connectivity index (χ0) is 14.1. The van der Waals surface area contributed by atoms with Gasteiger partial charge in [0.05, 0.1) is 6.54 Å². The van der Waals surface area contributed by atoms with Crippen LogP contribution < -0.4 is 0 Å². The summed E-state index contributed by atoms with van der Waals surface area (Å²) in [5.41, 5.74) is 0. The first-order valence-corrected chi connectivity index (χ1v) is 7.45. The third kappa shape index (κ3) is 2.57. The molecule has 0 saturated carbocycles. The van der Waals surface area contributed by atoms with E-state index in [1.807, 2.05) is 11.8 Å². The molecule has 2 atom stereocenters. The van der Waals surface area contributed by atoms with Gasteiger partial charge in [-0.3, -0.25) is 9.69 Å². The molecule has 0 unspecified atom stereocenters. The summed E-state index contributed by atoms with van der Waals surface area (Å²) in [5, 5.41) is 3.99. The number of nitrogens with zero attached hydrogens (tertiary/aromatic N) is 4. The fourth-order valence-corrected chi connectivity index (χ4v) is 3.65. The summed E-state index contributed by atoms with van der Waals surface area (Å²) in [7, 11) is 0. The monoisotopic (exact) mass is 278 g/mol. The predicted molar refractivity (Wildman–Crippen MR) is 72.9 cm³/mol. The van der Waals surface area contributed by atoms with E-state index in [1.165, 1.54) is 6.42 Å². The molecule has 0 aliphatic carbocycles. The van der Waals surface area contributed by atoms with Gasteiger partial charge in [0, 0.05) is 32.5 Å². The lowest BCUT2D eigenvalue weighted by Crippen LogP contribution is -2.47. The Morgan fingerprint density at radius 2 is 2.05 bits per heavy atom. The zero-order valence-electron chi connectivity index (χ0n) is 12.2. The van der Waals surface area contributed by atoms with Gasteiger partial charge < -0.3 is 9.42 Å². The number of amides is 1. The quantitative estimate of drug-likeness (QED) is 0.835. The Morgan fingerprint density at radius 3 is 2.75 bits per heavy atom. The molecule has 3 heterocycles. The molecule has 6 heteroatoms. The molecule has 2 fully saturated rings. The fraction of sp³-hybridized carbons (Fsp3) is 0.786. The molecule has 0 spiro atoms. The van der Waals surface area contributed by atoms with E-state index in [2.05, 4.69) is 15.0 Å². The third-order valence-corrected chi connectivity index (χ3v) is 4.48. The minimum Gasteiger partial charge on any atom is -0.340 e. The van der Waals surface area contributed by atoms with Crippen molar-refractivity contribution in [2.24, 2.45) is 0 Å². The SMILES string of the molecule is CC(=O)N1CCC[C@H]1[C@H]1CCCN1Cc1noc(C)n1. The van der Waals surface area contributed by atoms with Crippen LogP contribution in [-0.2, 0) is 11.3 Å². The van der Waals surface area contributed by atoms with Crippen molar-refractivity contribution in [3.8, 4) is 0 Å². The molecule has 2 aliphatic rings. The molecule has 6 nitrogen and oxygen atoms in total. The van der Waals surface area contributed by atoms with E-state index in [4.69, 9.17) is 4.52 Å². The highest BCUT2D eigenvalue weighted by atomic mass is 16.5. The Labute approximate surface area is 119 Å². The molecule has 3 rings (SSSR count). The molecule has 0 bridgehead atoms. The number of likely N-dealkylation sites (tertiary alicyclic amines) is 2. The van der Waals surface area contributed by atoms with E-state index in [0.717, 1.165) is 44.7 Å². The second-order valence-electron chi connectivity index (χ2n) is 5.83. The fourth-order valence-electron chi connectivity index (χ4n) is 3.65. The zero-order valence-corrected chi connectivity index (χ0v) is 12.2. The van der Waals surface area contributed by atoms with Crippen LogP contribution in [-0.4, -0.2) is 51.0 Å². The van der Waals surface area contributed by atoms with Gasteiger partial charge in [-0.15, -0.1) is 0 Å². The average molecular weight is 278 g/mol.